The normalized spacial score (nSPS) is 16.1. The summed E-state index contributed by atoms with van der Waals surface area (Å²) in [6.45, 7) is 10.3. The van der Waals surface area contributed by atoms with Crippen LogP contribution in [0.1, 0.15) is 45.1 Å². The van der Waals surface area contributed by atoms with Gasteiger partial charge in [0.2, 0.25) is 0 Å². The van der Waals surface area contributed by atoms with Crippen molar-refractivity contribution < 1.29 is 14.3 Å². The van der Waals surface area contributed by atoms with Crippen molar-refractivity contribution in [3.05, 3.63) is 36.0 Å². The molecule has 1 aliphatic heterocycles. The molecular weight excluding hydrogens is 330 g/mol. The molecule has 0 unspecified atom stereocenters. The summed E-state index contributed by atoms with van der Waals surface area (Å²) in [5, 5.41) is 6.87. The van der Waals surface area contributed by atoms with E-state index in [0.29, 0.717) is 12.2 Å². The van der Waals surface area contributed by atoms with Gasteiger partial charge in [-0.25, -0.2) is 9.80 Å². The van der Waals surface area contributed by atoms with Crippen LogP contribution < -0.4 is 0 Å². The molecule has 1 amide bonds. The lowest BCUT2D eigenvalue weighted by Gasteiger charge is -2.25. The van der Waals surface area contributed by atoms with E-state index in [0.717, 1.165) is 16.6 Å². The quantitative estimate of drug-likeness (QED) is 0.792. The molecule has 0 N–H and O–H groups in total. The molecule has 0 radical (unpaired) electrons. The van der Waals surface area contributed by atoms with E-state index in [-0.39, 0.29) is 17.9 Å². The number of rotatable bonds is 3. The van der Waals surface area contributed by atoms with Crippen molar-refractivity contribution in [2.45, 2.75) is 47.2 Å². The number of hydrogen-bond acceptors (Lipinski definition) is 4. The summed E-state index contributed by atoms with van der Waals surface area (Å²) < 4.78 is 7.09. The third-order valence-corrected chi connectivity index (χ3v) is 4.63. The summed E-state index contributed by atoms with van der Waals surface area (Å²) in [6, 6.07) is 8.96. The Bertz CT molecular complexity index is 889. The van der Waals surface area contributed by atoms with Crippen LogP contribution >= 0.6 is 0 Å². The van der Waals surface area contributed by atoms with Gasteiger partial charge in [-0.15, -0.1) is 0 Å². The molecule has 2 aromatic rings. The summed E-state index contributed by atoms with van der Waals surface area (Å²) >= 11 is 0. The lowest BCUT2D eigenvalue weighted by atomic mass is 9.90. The van der Waals surface area contributed by atoms with Crippen LogP contribution in [0, 0.1) is 5.41 Å². The summed E-state index contributed by atoms with van der Waals surface area (Å²) in [6.07, 6.45) is 0. The molecule has 6 heteroatoms. The lowest BCUT2D eigenvalue weighted by molar-refractivity contribution is -0.147. The van der Waals surface area contributed by atoms with Crippen LogP contribution in [0.4, 0.5) is 0 Å². The van der Waals surface area contributed by atoms with E-state index >= 15 is 0 Å². The van der Waals surface area contributed by atoms with Gasteiger partial charge in [0.1, 0.15) is 5.69 Å². The van der Waals surface area contributed by atoms with E-state index in [1.807, 2.05) is 34.9 Å². The zero-order valence-electron chi connectivity index (χ0n) is 15.9. The number of carbonyl (C=O) groups excluding carboxylic acids is 2. The van der Waals surface area contributed by atoms with Crippen LogP contribution in [0.3, 0.4) is 0 Å². The Morgan fingerprint density at radius 2 is 2.00 bits per heavy atom. The number of hydrogen-bond donors (Lipinski definition) is 0. The van der Waals surface area contributed by atoms with Crippen LogP contribution in [0.25, 0.3) is 10.9 Å². The molecule has 1 aromatic heterocycles. The van der Waals surface area contributed by atoms with E-state index in [9.17, 15) is 9.59 Å². The van der Waals surface area contributed by atoms with E-state index in [2.05, 4.69) is 25.9 Å². The second kappa shape index (κ2) is 6.59. The number of aromatic nitrogens is 1. The summed E-state index contributed by atoms with van der Waals surface area (Å²) in [4.78, 5) is 25.5. The molecule has 2 heterocycles. The van der Waals surface area contributed by atoms with Crippen LogP contribution in [0.2, 0.25) is 0 Å². The molecule has 1 aromatic carbocycles. The molecule has 26 heavy (non-hydrogen) atoms. The number of hydrazone groups is 1. The fourth-order valence-corrected chi connectivity index (χ4v) is 3.04. The smallest absolute Gasteiger partial charge is 0.330 e. The molecule has 1 aliphatic rings. The predicted octanol–water partition coefficient (Wildman–Crippen LogP) is 3.45. The van der Waals surface area contributed by atoms with Crippen molar-refractivity contribution in [3.63, 3.8) is 0 Å². The Balaban J connectivity index is 2.16. The first-order valence-electron chi connectivity index (χ1n) is 8.90. The Labute approximate surface area is 153 Å². The number of nitrogens with zero attached hydrogens (tertiary/aromatic N) is 3. The SMILES string of the molecule is CCOC(=O)[C@H](C)N1N=C(C(C)(C)C)Cn2c(cc3ccccc32)C1=O. The first-order chi connectivity index (χ1) is 12.2. The molecule has 0 spiro atoms. The first-order valence-corrected chi connectivity index (χ1v) is 8.90. The minimum Gasteiger partial charge on any atom is -0.464 e. The fraction of sp³-hybridized carbons (Fsp3) is 0.450. The van der Waals surface area contributed by atoms with Crippen molar-refractivity contribution in [1.82, 2.24) is 9.58 Å². The zero-order valence-corrected chi connectivity index (χ0v) is 15.9. The Kier molecular flexibility index (Phi) is 4.61. The third-order valence-electron chi connectivity index (χ3n) is 4.63. The molecule has 1 atom stereocenters. The third kappa shape index (κ3) is 3.11. The number of ether oxygens (including phenoxy) is 1. The Morgan fingerprint density at radius 3 is 2.65 bits per heavy atom. The second-order valence-electron chi connectivity index (χ2n) is 7.55. The molecule has 6 nitrogen and oxygen atoms in total. The van der Waals surface area contributed by atoms with Crippen molar-refractivity contribution in [1.29, 1.82) is 0 Å². The van der Waals surface area contributed by atoms with Crippen LogP contribution in [-0.2, 0) is 16.1 Å². The molecule has 0 saturated carbocycles. The van der Waals surface area contributed by atoms with E-state index in [1.54, 1.807) is 13.8 Å². The van der Waals surface area contributed by atoms with Gasteiger partial charge < -0.3 is 9.30 Å². The van der Waals surface area contributed by atoms with E-state index in [1.165, 1.54) is 5.01 Å². The number of carbonyl (C=O) groups is 2. The number of esters is 1. The van der Waals surface area contributed by atoms with Crippen molar-refractivity contribution in [2.24, 2.45) is 10.5 Å². The minimum absolute atomic E-state index is 0.250. The largest absolute Gasteiger partial charge is 0.464 e. The summed E-state index contributed by atoms with van der Waals surface area (Å²) in [5.74, 6) is -0.747. The van der Waals surface area contributed by atoms with Gasteiger partial charge in [0, 0.05) is 16.3 Å². The van der Waals surface area contributed by atoms with Gasteiger partial charge in [0.05, 0.1) is 18.9 Å². The van der Waals surface area contributed by atoms with Crippen LogP contribution in [0.15, 0.2) is 35.4 Å². The highest BCUT2D eigenvalue weighted by molar-refractivity contribution is 6.04. The summed E-state index contributed by atoms with van der Waals surface area (Å²) in [5.41, 5.74) is 2.10. The average molecular weight is 355 g/mol. The van der Waals surface area contributed by atoms with Gasteiger partial charge in [-0.2, -0.15) is 5.10 Å². The van der Waals surface area contributed by atoms with Crippen LogP contribution in [-0.4, -0.2) is 39.8 Å². The molecule has 0 bridgehead atoms. The highest BCUT2D eigenvalue weighted by Crippen LogP contribution is 2.28. The van der Waals surface area contributed by atoms with Gasteiger partial charge in [0.15, 0.2) is 6.04 Å². The van der Waals surface area contributed by atoms with Gasteiger partial charge in [0.25, 0.3) is 5.91 Å². The van der Waals surface area contributed by atoms with Gasteiger partial charge in [-0.3, -0.25) is 4.79 Å². The number of amides is 1. The van der Waals surface area contributed by atoms with Gasteiger partial charge in [-0.1, -0.05) is 39.0 Å². The van der Waals surface area contributed by atoms with E-state index < -0.39 is 12.0 Å². The zero-order chi connectivity index (χ0) is 19.1. The molecular formula is C20H25N3O3. The van der Waals surface area contributed by atoms with Gasteiger partial charge in [-0.05, 0) is 26.0 Å². The minimum atomic E-state index is -0.788. The monoisotopic (exact) mass is 355 g/mol. The second-order valence-corrected chi connectivity index (χ2v) is 7.55. The van der Waals surface area contributed by atoms with E-state index in [4.69, 9.17) is 4.74 Å². The highest BCUT2D eigenvalue weighted by Gasteiger charge is 2.35. The van der Waals surface area contributed by atoms with Crippen molar-refractivity contribution in [2.75, 3.05) is 6.61 Å². The maximum Gasteiger partial charge on any atom is 0.330 e. The maximum atomic E-state index is 13.2. The predicted molar refractivity (Wildman–Crippen MR) is 101 cm³/mol. The highest BCUT2D eigenvalue weighted by atomic mass is 16.5. The molecule has 0 saturated heterocycles. The van der Waals surface area contributed by atoms with Crippen molar-refractivity contribution >= 4 is 28.5 Å². The molecule has 0 aliphatic carbocycles. The maximum absolute atomic E-state index is 13.2. The molecule has 138 valence electrons. The molecule has 0 fully saturated rings. The standard InChI is InChI=1S/C20H25N3O3/c1-6-26-19(25)13(2)23-18(24)16-11-14-9-7-8-10-15(14)22(16)12-17(21-23)20(3,4)5/h7-11,13H,6,12H2,1-5H3/t13-/m0/s1. The Morgan fingerprint density at radius 1 is 1.31 bits per heavy atom. The lowest BCUT2D eigenvalue weighted by Crippen LogP contribution is -2.41. The number of benzene rings is 1. The average Bonchev–Trinajstić information content (AvgIpc) is 2.88. The number of para-hydroxylation sites is 1. The topological polar surface area (TPSA) is 63.9 Å². The fourth-order valence-electron chi connectivity index (χ4n) is 3.04. The van der Waals surface area contributed by atoms with Gasteiger partial charge >= 0.3 is 5.97 Å². The summed E-state index contributed by atoms with van der Waals surface area (Å²) in [7, 11) is 0. The van der Waals surface area contributed by atoms with Crippen molar-refractivity contribution in [3.8, 4) is 0 Å². The first kappa shape index (κ1) is 18.2. The Hall–Kier alpha value is -2.63. The number of fused-ring (bicyclic) bond motifs is 3. The van der Waals surface area contributed by atoms with Crippen LogP contribution in [0.5, 0.6) is 0 Å². The molecule has 3 rings (SSSR count).